The van der Waals surface area contributed by atoms with Gasteiger partial charge in [0.15, 0.2) is 0 Å². The maximum Gasteiger partial charge on any atom is 0.342 e. The van der Waals surface area contributed by atoms with E-state index in [2.05, 4.69) is 23.3 Å². The van der Waals surface area contributed by atoms with E-state index in [-0.39, 0.29) is 29.5 Å². The van der Waals surface area contributed by atoms with Crippen LogP contribution < -0.4 is 5.32 Å². The summed E-state index contributed by atoms with van der Waals surface area (Å²) in [4.78, 5) is 27.1. The van der Waals surface area contributed by atoms with E-state index >= 15 is 0 Å². The zero-order valence-corrected chi connectivity index (χ0v) is 12.1. The number of Topliss-reactive ketones (excluding diaryl/α,β-unsaturated/α-hetero) is 1. The Morgan fingerprint density at radius 1 is 1.52 bits per heavy atom. The fraction of sp³-hybridized carbons (Fsp3) is 0.571. The maximum absolute atomic E-state index is 12.3. The standard InChI is InChI=1S/C14H18N4O3/c1-8-6-9(13-10(16-8)4-3-5-11(13)19)14-15-7-12(17(14)2)18(20)21/h4,7-9,13,16H,3,5-6H2,1-2H3. The topological polar surface area (TPSA) is 90.1 Å². The van der Waals surface area contributed by atoms with Crippen molar-refractivity contribution in [2.24, 2.45) is 13.0 Å². The summed E-state index contributed by atoms with van der Waals surface area (Å²) in [6, 6.07) is 0.221. The third kappa shape index (κ3) is 2.22. The van der Waals surface area contributed by atoms with Crippen LogP contribution in [-0.4, -0.2) is 26.3 Å². The first-order valence-corrected chi connectivity index (χ1v) is 7.14. The number of rotatable bonds is 2. The molecule has 1 aliphatic carbocycles. The molecule has 3 atom stereocenters. The molecule has 0 radical (unpaired) electrons. The Hall–Kier alpha value is -2.18. The summed E-state index contributed by atoms with van der Waals surface area (Å²) in [7, 11) is 1.64. The SMILES string of the molecule is CC1CC(c2ncc([N+](=O)[O-])n2C)C2C(=O)CCC=C2N1. The Morgan fingerprint density at radius 3 is 2.95 bits per heavy atom. The average Bonchev–Trinajstić information content (AvgIpc) is 2.79. The highest BCUT2D eigenvalue weighted by atomic mass is 16.6. The molecule has 1 aromatic heterocycles. The minimum atomic E-state index is -0.444. The van der Waals surface area contributed by atoms with Crippen molar-refractivity contribution in [2.75, 3.05) is 0 Å². The van der Waals surface area contributed by atoms with E-state index in [4.69, 9.17) is 0 Å². The van der Waals surface area contributed by atoms with Crippen molar-refractivity contribution in [2.45, 2.75) is 38.1 Å². The molecule has 0 aromatic carbocycles. The highest BCUT2D eigenvalue weighted by molar-refractivity contribution is 5.86. The molecule has 1 aromatic rings. The summed E-state index contributed by atoms with van der Waals surface area (Å²) in [6.45, 7) is 2.06. The van der Waals surface area contributed by atoms with Crippen LogP contribution in [0.3, 0.4) is 0 Å². The van der Waals surface area contributed by atoms with Crippen molar-refractivity contribution in [3.8, 4) is 0 Å². The fourth-order valence-electron chi connectivity index (χ4n) is 3.46. The monoisotopic (exact) mass is 290 g/mol. The molecule has 21 heavy (non-hydrogen) atoms. The van der Waals surface area contributed by atoms with Crippen molar-refractivity contribution in [1.29, 1.82) is 0 Å². The lowest BCUT2D eigenvalue weighted by molar-refractivity contribution is -0.391. The van der Waals surface area contributed by atoms with Gasteiger partial charge in [-0.2, -0.15) is 0 Å². The molecule has 1 aliphatic heterocycles. The highest BCUT2D eigenvalue weighted by Crippen LogP contribution is 2.40. The molecular weight excluding hydrogens is 272 g/mol. The molecule has 0 saturated carbocycles. The first kappa shape index (κ1) is 13.8. The predicted molar refractivity (Wildman–Crippen MR) is 75.6 cm³/mol. The lowest BCUT2D eigenvalue weighted by Gasteiger charge is -2.38. The summed E-state index contributed by atoms with van der Waals surface area (Å²) < 4.78 is 1.50. The summed E-state index contributed by atoms with van der Waals surface area (Å²) in [6.07, 6.45) is 5.39. The zero-order valence-electron chi connectivity index (χ0n) is 12.1. The average molecular weight is 290 g/mol. The van der Waals surface area contributed by atoms with Gasteiger partial charge >= 0.3 is 5.82 Å². The van der Waals surface area contributed by atoms with Crippen LogP contribution in [0.2, 0.25) is 0 Å². The van der Waals surface area contributed by atoms with Gasteiger partial charge in [-0.25, -0.2) is 9.55 Å². The van der Waals surface area contributed by atoms with E-state index in [1.165, 1.54) is 10.8 Å². The van der Waals surface area contributed by atoms with E-state index in [1.54, 1.807) is 7.05 Å². The molecule has 2 aliphatic rings. The normalized spacial score (nSPS) is 28.6. The number of piperidine rings is 1. The molecule has 2 heterocycles. The zero-order chi connectivity index (χ0) is 15.1. The van der Waals surface area contributed by atoms with Gasteiger partial charge in [-0.1, -0.05) is 6.08 Å². The number of allylic oxidation sites excluding steroid dienone is 2. The van der Waals surface area contributed by atoms with Gasteiger partial charge in [0.1, 0.15) is 12.0 Å². The Labute approximate surface area is 122 Å². The van der Waals surface area contributed by atoms with Crippen LogP contribution >= 0.6 is 0 Å². The van der Waals surface area contributed by atoms with Crippen LogP contribution in [0, 0.1) is 16.0 Å². The number of hydrogen-bond donors (Lipinski definition) is 1. The molecule has 1 saturated heterocycles. The summed E-state index contributed by atoms with van der Waals surface area (Å²) in [5, 5.41) is 14.4. The second-order valence-electron chi connectivity index (χ2n) is 5.82. The number of nitrogens with one attached hydrogen (secondary N) is 1. The molecule has 0 spiro atoms. The number of fused-ring (bicyclic) bond motifs is 1. The van der Waals surface area contributed by atoms with Crippen LogP contribution in [0.25, 0.3) is 0 Å². The number of nitrogens with zero attached hydrogens (tertiary/aromatic N) is 3. The molecular formula is C14H18N4O3. The van der Waals surface area contributed by atoms with Crippen LogP contribution in [0.1, 0.15) is 37.9 Å². The lowest BCUT2D eigenvalue weighted by Crippen LogP contribution is -2.44. The van der Waals surface area contributed by atoms with Crippen molar-refractivity contribution in [3.63, 3.8) is 0 Å². The van der Waals surface area contributed by atoms with Gasteiger partial charge in [-0.3, -0.25) is 4.79 Å². The molecule has 3 unspecified atom stereocenters. The van der Waals surface area contributed by atoms with Gasteiger partial charge in [-0.15, -0.1) is 0 Å². The molecule has 0 bridgehead atoms. The number of carbonyl (C=O) groups is 1. The van der Waals surface area contributed by atoms with E-state index in [9.17, 15) is 14.9 Å². The van der Waals surface area contributed by atoms with Crippen molar-refractivity contribution in [3.05, 3.63) is 33.9 Å². The van der Waals surface area contributed by atoms with Crippen molar-refractivity contribution >= 4 is 11.6 Å². The Bertz CT molecular complexity index is 634. The lowest BCUT2D eigenvalue weighted by atomic mass is 9.74. The number of hydrogen-bond acceptors (Lipinski definition) is 5. The third-order valence-corrected chi connectivity index (χ3v) is 4.38. The van der Waals surface area contributed by atoms with Gasteiger partial charge in [0.05, 0.1) is 18.9 Å². The minimum absolute atomic E-state index is 0.0371. The largest absolute Gasteiger partial charge is 0.386 e. The number of aromatic nitrogens is 2. The third-order valence-electron chi connectivity index (χ3n) is 4.38. The predicted octanol–water partition coefficient (Wildman–Crippen LogP) is 1.66. The fourth-order valence-corrected chi connectivity index (χ4v) is 3.46. The van der Waals surface area contributed by atoms with Crippen LogP contribution in [-0.2, 0) is 11.8 Å². The van der Waals surface area contributed by atoms with E-state index in [0.717, 1.165) is 18.5 Å². The summed E-state index contributed by atoms with van der Waals surface area (Å²) in [5.41, 5.74) is 0.959. The molecule has 0 amide bonds. The number of ketones is 1. The highest BCUT2D eigenvalue weighted by Gasteiger charge is 2.42. The van der Waals surface area contributed by atoms with E-state index < -0.39 is 4.92 Å². The quantitative estimate of drug-likeness (QED) is 0.660. The van der Waals surface area contributed by atoms with Crippen molar-refractivity contribution < 1.29 is 9.72 Å². The Kier molecular flexibility index (Phi) is 3.27. The van der Waals surface area contributed by atoms with E-state index in [1.807, 2.05) is 0 Å². The minimum Gasteiger partial charge on any atom is -0.386 e. The number of nitro groups is 1. The number of imidazole rings is 1. The smallest absolute Gasteiger partial charge is 0.342 e. The molecule has 112 valence electrons. The number of carbonyl (C=O) groups excluding carboxylic acids is 1. The molecule has 7 heteroatoms. The molecule has 7 nitrogen and oxygen atoms in total. The van der Waals surface area contributed by atoms with Gasteiger partial charge in [0.25, 0.3) is 0 Å². The van der Waals surface area contributed by atoms with Crippen LogP contribution in [0.4, 0.5) is 5.82 Å². The first-order valence-electron chi connectivity index (χ1n) is 7.14. The van der Waals surface area contributed by atoms with Gasteiger partial charge in [0, 0.05) is 18.2 Å². The maximum atomic E-state index is 12.3. The van der Waals surface area contributed by atoms with Gasteiger partial charge in [0.2, 0.25) is 5.82 Å². The second-order valence-corrected chi connectivity index (χ2v) is 5.82. The molecule has 1 N–H and O–H groups in total. The van der Waals surface area contributed by atoms with Crippen molar-refractivity contribution in [1.82, 2.24) is 14.9 Å². The molecule has 3 rings (SSSR count). The Balaban J connectivity index is 2.03. The van der Waals surface area contributed by atoms with E-state index in [0.29, 0.717) is 12.2 Å². The van der Waals surface area contributed by atoms with Crippen LogP contribution in [0.5, 0.6) is 0 Å². The molecule has 1 fully saturated rings. The van der Waals surface area contributed by atoms with Gasteiger partial charge in [-0.05, 0) is 24.7 Å². The summed E-state index contributed by atoms with van der Waals surface area (Å²) in [5.74, 6) is 0.448. The van der Waals surface area contributed by atoms with Crippen LogP contribution in [0.15, 0.2) is 18.0 Å². The summed E-state index contributed by atoms with van der Waals surface area (Å²) >= 11 is 0. The second kappa shape index (κ2) is 4.98. The Morgan fingerprint density at radius 2 is 2.29 bits per heavy atom. The first-order chi connectivity index (χ1) is 9.99. The van der Waals surface area contributed by atoms with Gasteiger partial charge < -0.3 is 15.4 Å².